The first-order valence-corrected chi connectivity index (χ1v) is 7.82. The largest absolute Gasteiger partial charge is 2.00 e. The molecule has 0 aromatic carbocycles. The van der Waals surface area contributed by atoms with Crippen molar-refractivity contribution in [3.63, 3.8) is 0 Å². The predicted octanol–water partition coefficient (Wildman–Crippen LogP) is 1.81. The maximum Gasteiger partial charge on any atom is 2.00 e. The van der Waals surface area contributed by atoms with Gasteiger partial charge in [-0.25, -0.2) is 9.13 Å². The van der Waals surface area contributed by atoms with Crippen LogP contribution in [0.5, 0.6) is 0 Å². The summed E-state index contributed by atoms with van der Waals surface area (Å²) in [6.45, 7) is 0. The summed E-state index contributed by atoms with van der Waals surface area (Å²) in [6, 6.07) is -0.160. The number of hydrogen-bond acceptors (Lipinski definition) is 3. The second-order valence-electron chi connectivity index (χ2n) is 3.56. The van der Waals surface area contributed by atoms with Crippen molar-refractivity contribution in [2.24, 2.45) is 0 Å². The van der Waals surface area contributed by atoms with Crippen LogP contribution in [0.1, 0.15) is 25.7 Å². The van der Waals surface area contributed by atoms with E-state index in [0.717, 1.165) is 12.8 Å². The van der Waals surface area contributed by atoms with Gasteiger partial charge in [0.2, 0.25) is 0 Å². The molecule has 0 heterocycles. The molecule has 0 spiro atoms. The van der Waals surface area contributed by atoms with Gasteiger partial charge in [-0.2, -0.15) is 43.4 Å². The molecule has 0 aliphatic heterocycles. The van der Waals surface area contributed by atoms with Crippen LogP contribution in [-0.4, -0.2) is 31.7 Å². The van der Waals surface area contributed by atoms with Crippen LogP contribution in [-0.2, 0) is 34.5 Å². The molecule has 1 aliphatic rings. The normalized spacial score (nSPS) is 22.1. The maximum absolute atomic E-state index is 9.63. The molecule has 0 aromatic rings. The van der Waals surface area contributed by atoms with E-state index in [1.807, 2.05) is 0 Å². The third-order valence-corrected chi connectivity index (χ3v) is 3.68. The number of rotatable bonds is 2. The van der Waals surface area contributed by atoms with E-state index in [2.05, 4.69) is 4.31 Å². The molecule has 0 saturated heterocycles. The van der Waals surface area contributed by atoms with E-state index in [4.69, 9.17) is 31.0 Å². The van der Waals surface area contributed by atoms with Crippen molar-refractivity contribution in [2.75, 3.05) is 0 Å². The summed E-state index contributed by atoms with van der Waals surface area (Å²) in [4.78, 5) is 31.0. The van der Waals surface area contributed by atoms with Crippen LogP contribution >= 0.6 is 42.6 Å². The van der Waals surface area contributed by atoms with Crippen LogP contribution in [0, 0.1) is 0 Å². The average molecular weight is 553 g/mol. The van der Waals surface area contributed by atoms with Crippen LogP contribution < -0.4 is 0 Å². The molecule has 6 N–H and O–H groups in total. The summed E-state index contributed by atoms with van der Waals surface area (Å²) in [5.74, 6) is 0. The van der Waals surface area contributed by atoms with E-state index >= 15 is 0 Å². The molecule has 14 heteroatoms. The minimum atomic E-state index is -5.05. The van der Waals surface area contributed by atoms with Crippen molar-refractivity contribution in [3.8, 4) is 0 Å². The first-order chi connectivity index (χ1) is 7.51. The monoisotopic (exact) mass is 553 g/mol. The summed E-state index contributed by atoms with van der Waals surface area (Å²) in [7, 11) is -10.1. The second-order valence-corrected chi connectivity index (χ2v) is 6.18. The summed E-state index contributed by atoms with van der Waals surface area (Å²) in [5, 5.41) is 0. The second kappa shape index (κ2) is 13.0. The first-order valence-electron chi connectivity index (χ1n) is 4.76. The Morgan fingerprint density at radius 3 is 1.20 bits per heavy atom. The molecule has 20 heavy (non-hydrogen) atoms. The van der Waals surface area contributed by atoms with Crippen molar-refractivity contribution in [1.82, 2.24) is 0 Å². The average Bonchev–Trinajstić information content (AvgIpc) is 2.04. The van der Waals surface area contributed by atoms with Gasteiger partial charge in [0.15, 0.2) is 0 Å². The summed E-state index contributed by atoms with van der Waals surface area (Å²) in [5.41, 5.74) is 14.6. The standard InChI is InChI=1S/C6H12N2.H4O7P2.Pt.2H2S/c7-5-3-1-2-4-6(5)8;1-8(2,3)7-9(4,5)6;;;/h5-8H,1-4H2;(H2,1,2,3)(H2,4,5,6);;2*1H2/q-2;;+2;;/t5-,6-;;;;/m0..../s1. The SMILES string of the molecule is O=P(O)(O)OP(=O)(O)O.S.S.[NH-][C@H]1CCCC[C@@H]1[NH-].[Pt+2]. The molecular formula is C6H20N2O7P2PtS2. The van der Waals surface area contributed by atoms with E-state index in [9.17, 15) is 9.13 Å². The van der Waals surface area contributed by atoms with Gasteiger partial charge in [0, 0.05) is 0 Å². The van der Waals surface area contributed by atoms with E-state index < -0.39 is 15.6 Å². The molecular weight excluding hydrogens is 533 g/mol. The van der Waals surface area contributed by atoms with E-state index in [1.54, 1.807) is 0 Å². The Hall–Kier alpha value is 1.57. The Labute approximate surface area is 145 Å². The molecule has 0 bridgehead atoms. The molecule has 9 nitrogen and oxygen atoms in total. The zero-order valence-corrected chi connectivity index (χ0v) is 16.3. The van der Waals surface area contributed by atoms with Crippen molar-refractivity contribution < 1.29 is 54.1 Å². The van der Waals surface area contributed by atoms with Gasteiger partial charge >= 0.3 is 36.7 Å². The van der Waals surface area contributed by atoms with Gasteiger partial charge in [-0.15, -0.1) is 0 Å². The van der Waals surface area contributed by atoms with Gasteiger partial charge in [0.25, 0.3) is 0 Å². The maximum atomic E-state index is 9.63. The van der Waals surface area contributed by atoms with Crippen LogP contribution in [0.15, 0.2) is 0 Å². The Balaban J connectivity index is -0.000000112. The van der Waals surface area contributed by atoms with Gasteiger partial charge in [-0.3, -0.25) is 0 Å². The first kappa shape index (κ1) is 29.6. The smallest absolute Gasteiger partial charge is 0.676 e. The molecule has 0 aromatic heterocycles. The summed E-state index contributed by atoms with van der Waals surface area (Å²) < 4.78 is 22.2. The Bertz CT molecular complexity index is 298. The fraction of sp³-hybridized carbons (Fsp3) is 1.00. The molecule has 0 amide bonds. The Kier molecular flexibility index (Phi) is 19.3. The van der Waals surface area contributed by atoms with E-state index in [1.165, 1.54) is 12.8 Å². The molecule has 1 rings (SSSR count). The molecule has 128 valence electrons. The number of nitrogens with one attached hydrogen (secondary N) is 2. The van der Waals surface area contributed by atoms with E-state index in [-0.39, 0.29) is 60.1 Å². The molecule has 2 atom stereocenters. The van der Waals surface area contributed by atoms with Gasteiger partial charge in [-0.05, 0) is 0 Å². The number of hydrogen-bond donors (Lipinski definition) is 4. The van der Waals surface area contributed by atoms with Crippen molar-refractivity contribution in [3.05, 3.63) is 11.5 Å². The molecule has 1 aliphatic carbocycles. The minimum Gasteiger partial charge on any atom is -0.676 e. The van der Waals surface area contributed by atoms with Crippen LogP contribution in [0.2, 0.25) is 0 Å². The van der Waals surface area contributed by atoms with Crippen molar-refractivity contribution in [2.45, 2.75) is 37.8 Å². The Morgan fingerprint density at radius 2 is 1.10 bits per heavy atom. The predicted molar refractivity (Wildman–Crippen MR) is 80.6 cm³/mol. The molecule has 0 radical (unpaired) electrons. The fourth-order valence-electron chi connectivity index (χ4n) is 1.27. The summed E-state index contributed by atoms with van der Waals surface area (Å²) in [6.07, 6.45) is 4.25. The van der Waals surface area contributed by atoms with Crippen LogP contribution in [0.3, 0.4) is 0 Å². The molecule has 1 saturated carbocycles. The molecule has 0 unspecified atom stereocenters. The molecule has 1 fully saturated rings. The summed E-state index contributed by atoms with van der Waals surface area (Å²) >= 11 is 0. The third-order valence-electron chi connectivity index (χ3n) is 1.98. The van der Waals surface area contributed by atoms with Gasteiger partial charge in [0.05, 0.1) is 0 Å². The van der Waals surface area contributed by atoms with Crippen LogP contribution in [0.4, 0.5) is 0 Å². The quantitative estimate of drug-likeness (QED) is 0.378. The van der Waals surface area contributed by atoms with Crippen molar-refractivity contribution in [1.29, 1.82) is 0 Å². The Morgan fingerprint density at radius 1 is 0.850 bits per heavy atom. The fourth-order valence-corrected chi connectivity index (χ4v) is 2.38. The third kappa shape index (κ3) is 19.6. The van der Waals surface area contributed by atoms with Crippen LogP contribution in [0.25, 0.3) is 11.5 Å². The topological polar surface area (TPSA) is 172 Å². The number of phosphoric acid groups is 2. The van der Waals surface area contributed by atoms with Gasteiger partial charge < -0.3 is 31.0 Å². The van der Waals surface area contributed by atoms with Crippen molar-refractivity contribution >= 4 is 42.6 Å². The van der Waals surface area contributed by atoms with Gasteiger partial charge in [-0.1, -0.05) is 25.7 Å². The van der Waals surface area contributed by atoms with E-state index in [0.29, 0.717) is 0 Å². The zero-order chi connectivity index (χ0) is 13.7. The zero-order valence-electron chi connectivity index (χ0n) is 10.2. The van der Waals surface area contributed by atoms with Gasteiger partial charge in [0.1, 0.15) is 0 Å². The minimum absolute atomic E-state index is 0.